The molecule has 0 aliphatic rings. The number of hydrogen-bond acceptors (Lipinski definition) is 4. The van der Waals surface area contributed by atoms with E-state index in [4.69, 9.17) is 5.11 Å². The molecule has 0 spiro atoms. The van der Waals surface area contributed by atoms with Crippen molar-refractivity contribution in [3.05, 3.63) is 16.1 Å². The first-order chi connectivity index (χ1) is 6.93. The Labute approximate surface area is 89.2 Å². The highest BCUT2D eigenvalue weighted by Gasteiger charge is 2.33. The van der Waals surface area contributed by atoms with Crippen LogP contribution in [0.2, 0.25) is 0 Å². The average molecular weight is 240 g/mol. The molecule has 0 aliphatic carbocycles. The van der Waals surface area contributed by atoms with Gasteiger partial charge in [-0.15, -0.1) is 11.3 Å². The van der Waals surface area contributed by atoms with Gasteiger partial charge >= 0.3 is 6.18 Å². The summed E-state index contributed by atoms with van der Waals surface area (Å²) in [6.45, 7) is 0.718. The molecule has 0 saturated heterocycles. The Morgan fingerprint density at radius 2 is 2.20 bits per heavy atom. The predicted octanol–water partition coefficient (Wildman–Crippen LogP) is 1.59. The summed E-state index contributed by atoms with van der Waals surface area (Å²) in [5.74, 6) is 0. The van der Waals surface area contributed by atoms with Crippen LogP contribution in [0.15, 0.2) is 5.38 Å². The summed E-state index contributed by atoms with van der Waals surface area (Å²) in [7, 11) is 1.71. The lowest BCUT2D eigenvalue weighted by Gasteiger charge is -2.12. The summed E-state index contributed by atoms with van der Waals surface area (Å²) in [6, 6.07) is 0. The summed E-state index contributed by atoms with van der Waals surface area (Å²) in [6.07, 6.45) is -4.37. The van der Waals surface area contributed by atoms with Crippen molar-refractivity contribution in [2.24, 2.45) is 0 Å². The van der Waals surface area contributed by atoms with Crippen molar-refractivity contribution in [2.75, 3.05) is 20.2 Å². The van der Waals surface area contributed by atoms with Gasteiger partial charge in [0, 0.05) is 11.9 Å². The van der Waals surface area contributed by atoms with Crippen LogP contribution in [0.1, 0.15) is 10.7 Å². The molecule has 0 atom stereocenters. The van der Waals surface area contributed by atoms with E-state index in [0.717, 1.165) is 16.7 Å². The van der Waals surface area contributed by atoms with Crippen molar-refractivity contribution in [2.45, 2.75) is 12.7 Å². The van der Waals surface area contributed by atoms with Crippen molar-refractivity contribution in [1.29, 1.82) is 0 Å². The molecule has 0 aromatic carbocycles. The van der Waals surface area contributed by atoms with E-state index in [1.54, 1.807) is 11.9 Å². The molecule has 1 aromatic heterocycles. The SMILES string of the molecule is CN(CCO)Cc1nc(C(F)(F)F)cs1. The van der Waals surface area contributed by atoms with Crippen LogP contribution < -0.4 is 0 Å². The van der Waals surface area contributed by atoms with Gasteiger partial charge in [0.05, 0.1) is 13.2 Å². The van der Waals surface area contributed by atoms with E-state index in [0.29, 0.717) is 18.1 Å². The standard InChI is InChI=1S/C8H11F3N2OS/c1-13(2-3-14)4-7-12-6(5-15-7)8(9,10)11/h5,14H,2-4H2,1H3. The van der Waals surface area contributed by atoms with Gasteiger partial charge in [-0.05, 0) is 7.05 Å². The lowest BCUT2D eigenvalue weighted by Crippen LogP contribution is -2.21. The van der Waals surface area contributed by atoms with Gasteiger partial charge < -0.3 is 5.11 Å². The molecule has 1 heterocycles. The Kier molecular flexibility index (Phi) is 4.06. The second-order valence-electron chi connectivity index (χ2n) is 3.09. The third-order valence-electron chi connectivity index (χ3n) is 1.73. The Morgan fingerprint density at radius 3 is 2.67 bits per heavy atom. The van der Waals surface area contributed by atoms with Crippen LogP contribution in [0.3, 0.4) is 0 Å². The van der Waals surface area contributed by atoms with Crippen LogP contribution in [0.25, 0.3) is 0 Å². The smallest absolute Gasteiger partial charge is 0.395 e. The number of nitrogens with zero attached hydrogens (tertiary/aromatic N) is 2. The fourth-order valence-electron chi connectivity index (χ4n) is 0.994. The topological polar surface area (TPSA) is 36.4 Å². The largest absolute Gasteiger partial charge is 0.434 e. The van der Waals surface area contributed by atoms with Gasteiger partial charge in [-0.2, -0.15) is 13.2 Å². The fourth-order valence-corrected chi connectivity index (χ4v) is 1.87. The second-order valence-corrected chi connectivity index (χ2v) is 4.03. The normalized spacial score (nSPS) is 12.4. The maximum atomic E-state index is 12.2. The molecule has 0 radical (unpaired) electrons. The highest BCUT2D eigenvalue weighted by Crippen LogP contribution is 2.30. The molecule has 0 saturated carbocycles. The third kappa shape index (κ3) is 3.77. The van der Waals surface area contributed by atoms with Crippen LogP contribution in [0.5, 0.6) is 0 Å². The molecule has 1 N–H and O–H groups in total. The Hall–Kier alpha value is -0.660. The van der Waals surface area contributed by atoms with Gasteiger partial charge in [0.2, 0.25) is 0 Å². The molecule has 0 fully saturated rings. The number of halogens is 3. The second kappa shape index (κ2) is 4.91. The van der Waals surface area contributed by atoms with Crippen LogP contribution in [0, 0.1) is 0 Å². The molecule has 0 amide bonds. The minimum atomic E-state index is -4.37. The van der Waals surface area contributed by atoms with Gasteiger partial charge in [-0.3, -0.25) is 4.90 Å². The molecule has 0 unspecified atom stereocenters. The number of thiazole rings is 1. The molecule has 0 bridgehead atoms. The number of likely N-dealkylation sites (N-methyl/N-ethyl adjacent to an activating group) is 1. The highest BCUT2D eigenvalue weighted by molar-refractivity contribution is 7.09. The van der Waals surface area contributed by atoms with Gasteiger partial charge in [0.1, 0.15) is 5.01 Å². The average Bonchev–Trinajstić information content (AvgIpc) is 2.52. The van der Waals surface area contributed by atoms with E-state index in [1.165, 1.54) is 0 Å². The fraction of sp³-hybridized carbons (Fsp3) is 0.625. The van der Waals surface area contributed by atoms with Crippen molar-refractivity contribution in [3.8, 4) is 0 Å². The quantitative estimate of drug-likeness (QED) is 0.868. The van der Waals surface area contributed by atoms with E-state index < -0.39 is 11.9 Å². The first-order valence-corrected chi connectivity index (χ1v) is 5.12. The van der Waals surface area contributed by atoms with Crippen LogP contribution in [-0.2, 0) is 12.7 Å². The summed E-state index contributed by atoms with van der Waals surface area (Å²) < 4.78 is 36.5. The Morgan fingerprint density at radius 1 is 1.53 bits per heavy atom. The van der Waals surface area contributed by atoms with Gasteiger partial charge in [0.15, 0.2) is 5.69 Å². The minimum absolute atomic E-state index is 0.0198. The maximum absolute atomic E-state index is 12.2. The number of aromatic nitrogens is 1. The third-order valence-corrected chi connectivity index (χ3v) is 2.56. The number of aliphatic hydroxyl groups excluding tert-OH is 1. The van der Waals surface area contributed by atoms with E-state index >= 15 is 0 Å². The summed E-state index contributed by atoms with van der Waals surface area (Å²) >= 11 is 0.976. The number of hydrogen-bond donors (Lipinski definition) is 1. The maximum Gasteiger partial charge on any atom is 0.434 e. The first-order valence-electron chi connectivity index (χ1n) is 4.24. The predicted molar refractivity (Wildman–Crippen MR) is 50.5 cm³/mol. The summed E-state index contributed by atoms with van der Waals surface area (Å²) in [4.78, 5) is 5.18. The van der Waals surface area contributed by atoms with Crippen molar-refractivity contribution in [3.63, 3.8) is 0 Å². The Bertz CT molecular complexity index is 313. The highest BCUT2D eigenvalue weighted by atomic mass is 32.1. The molecule has 1 aromatic rings. The van der Waals surface area contributed by atoms with E-state index in [-0.39, 0.29) is 6.61 Å². The van der Waals surface area contributed by atoms with Crippen molar-refractivity contribution >= 4 is 11.3 Å². The molecule has 86 valence electrons. The summed E-state index contributed by atoms with van der Waals surface area (Å²) in [5.41, 5.74) is -0.847. The van der Waals surface area contributed by atoms with Gasteiger partial charge in [-0.1, -0.05) is 0 Å². The number of alkyl halides is 3. The van der Waals surface area contributed by atoms with E-state index in [1.807, 2.05) is 0 Å². The lowest BCUT2D eigenvalue weighted by molar-refractivity contribution is -0.140. The molecule has 15 heavy (non-hydrogen) atoms. The zero-order valence-corrected chi connectivity index (χ0v) is 8.90. The van der Waals surface area contributed by atoms with Crippen LogP contribution >= 0.6 is 11.3 Å². The van der Waals surface area contributed by atoms with Crippen molar-refractivity contribution < 1.29 is 18.3 Å². The molecule has 1 rings (SSSR count). The Balaban J connectivity index is 2.61. The summed E-state index contributed by atoms with van der Waals surface area (Å²) in [5, 5.41) is 10.0. The van der Waals surface area contributed by atoms with Gasteiger partial charge in [0.25, 0.3) is 0 Å². The van der Waals surface area contributed by atoms with Crippen LogP contribution in [-0.4, -0.2) is 35.2 Å². The number of aliphatic hydroxyl groups is 1. The molecule has 3 nitrogen and oxygen atoms in total. The molecular weight excluding hydrogens is 229 g/mol. The molecular formula is C8H11F3N2OS. The van der Waals surface area contributed by atoms with E-state index in [2.05, 4.69) is 4.98 Å². The first kappa shape index (κ1) is 12.4. The number of rotatable bonds is 4. The lowest BCUT2D eigenvalue weighted by atomic mass is 10.5. The minimum Gasteiger partial charge on any atom is -0.395 e. The van der Waals surface area contributed by atoms with E-state index in [9.17, 15) is 13.2 Å². The zero-order valence-electron chi connectivity index (χ0n) is 8.08. The zero-order chi connectivity index (χ0) is 11.5. The monoisotopic (exact) mass is 240 g/mol. The molecule has 0 aliphatic heterocycles. The van der Waals surface area contributed by atoms with Crippen molar-refractivity contribution in [1.82, 2.24) is 9.88 Å². The molecule has 7 heteroatoms. The van der Waals surface area contributed by atoms with Crippen LogP contribution in [0.4, 0.5) is 13.2 Å². The van der Waals surface area contributed by atoms with Gasteiger partial charge in [-0.25, -0.2) is 4.98 Å².